The molecule has 8 nitrogen and oxygen atoms in total. The summed E-state index contributed by atoms with van der Waals surface area (Å²) in [5.74, 6) is 0.859. The van der Waals surface area contributed by atoms with E-state index in [1.54, 1.807) is 12.7 Å². The van der Waals surface area contributed by atoms with E-state index in [9.17, 15) is 4.91 Å². The normalized spacial score (nSPS) is 22.1. The van der Waals surface area contributed by atoms with Gasteiger partial charge in [0.2, 0.25) is 0 Å². The molecule has 2 aliphatic rings. The number of anilines is 1. The Hall–Kier alpha value is -2.87. The van der Waals surface area contributed by atoms with Crippen LogP contribution in [0.1, 0.15) is 30.2 Å². The molecule has 0 spiro atoms. The maximum Gasteiger partial charge on any atom is 0.167 e. The van der Waals surface area contributed by atoms with E-state index in [2.05, 4.69) is 49.3 Å². The topological polar surface area (TPSA) is 85.5 Å². The van der Waals surface area contributed by atoms with Crippen molar-refractivity contribution >= 4 is 17.0 Å². The molecule has 27 heavy (non-hydrogen) atoms. The summed E-state index contributed by atoms with van der Waals surface area (Å²) < 4.78 is 7.89. The van der Waals surface area contributed by atoms with Crippen molar-refractivity contribution in [2.24, 2.45) is 5.18 Å². The minimum absolute atomic E-state index is 0.121. The molecule has 138 valence electrons. The Kier molecular flexibility index (Phi) is 4.05. The van der Waals surface area contributed by atoms with Gasteiger partial charge in [-0.25, -0.2) is 15.0 Å². The Labute approximate surface area is 156 Å². The standard InChI is InChI=1S/C19H20N6O2/c26-23-9-15-5-6-16(27-15)25-12-22-17-18(20-11-21-19(17)25)24-8-7-13-3-1-2-4-14(13)10-24/h1-4,11-12,15-16H,5-10H2. The van der Waals surface area contributed by atoms with E-state index in [1.807, 2.05) is 4.57 Å². The molecule has 0 saturated carbocycles. The van der Waals surface area contributed by atoms with E-state index >= 15 is 0 Å². The van der Waals surface area contributed by atoms with Crippen LogP contribution in [0.4, 0.5) is 5.82 Å². The number of fused-ring (bicyclic) bond motifs is 2. The minimum atomic E-state index is -0.161. The van der Waals surface area contributed by atoms with Crippen LogP contribution < -0.4 is 4.90 Å². The molecule has 0 bridgehead atoms. The Bertz CT molecular complexity index is 987. The monoisotopic (exact) mass is 364 g/mol. The van der Waals surface area contributed by atoms with Crippen LogP contribution in [0.15, 0.2) is 42.1 Å². The summed E-state index contributed by atoms with van der Waals surface area (Å²) >= 11 is 0. The molecule has 0 N–H and O–H groups in total. The summed E-state index contributed by atoms with van der Waals surface area (Å²) in [7, 11) is 0. The van der Waals surface area contributed by atoms with E-state index in [0.717, 1.165) is 49.3 Å². The third-order valence-corrected chi connectivity index (χ3v) is 5.44. The predicted molar refractivity (Wildman–Crippen MR) is 100 cm³/mol. The van der Waals surface area contributed by atoms with Crippen LogP contribution in [-0.4, -0.2) is 38.7 Å². The quantitative estimate of drug-likeness (QED) is 0.662. The average molecular weight is 364 g/mol. The number of rotatable bonds is 4. The van der Waals surface area contributed by atoms with Crippen LogP contribution in [0, 0.1) is 4.91 Å². The van der Waals surface area contributed by atoms with Gasteiger partial charge in [-0.2, -0.15) is 4.91 Å². The first-order valence-corrected chi connectivity index (χ1v) is 9.27. The first-order valence-electron chi connectivity index (χ1n) is 9.27. The molecule has 4 heterocycles. The number of hydrogen-bond acceptors (Lipinski definition) is 7. The molecular weight excluding hydrogens is 344 g/mol. The Morgan fingerprint density at radius 1 is 1.15 bits per heavy atom. The average Bonchev–Trinajstić information content (AvgIpc) is 3.34. The van der Waals surface area contributed by atoms with Crippen LogP contribution in [-0.2, 0) is 17.7 Å². The summed E-state index contributed by atoms with van der Waals surface area (Å²) in [4.78, 5) is 26.3. The van der Waals surface area contributed by atoms with Crippen molar-refractivity contribution in [1.29, 1.82) is 0 Å². The van der Waals surface area contributed by atoms with E-state index < -0.39 is 0 Å². The molecule has 0 aliphatic carbocycles. The first-order chi connectivity index (χ1) is 13.3. The van der Waals surface area contributed by atoms with Gasteiger partial charge in [-0.1, -0.05) is 29.4 Å². The van der Waals surface area contributed by atoms with Crippen molar-refractivity contribution in [3.63, 3.8) is 0 Å². The van der Waals surface area contributed by atoms with E-state index in [1.165, 1.54) is 11.1 Å². The highest BCUT2D eigenvalue weighted by Crippen LogP contribution is 2.33. The second-order valence-electron chi connectivity index (χ2n) is 7.06. The lowest BCUT2D eigenvalue weighted by atomic mass is 10.00. The van der Waals surface area contributed by atoms with Crippen molar-refractivity contribution in [2.75, 3.05) is 18.0 Å². The number of benzene rings is 1. The first kappa shape index (κ1) is 16.3. The highest BCUT2D eigenvalue weighted by Gasteiger charge is 2.29. The number of imidazole rings is 1. The van der Waals surface area contributed by atoms with Gasteiger partial charge in [-0.15, -0.1) is 0 Å². The summed E-state index contributed by atoms with van der Waals surface area (Å²) in [6.45, 7) is 1.92. The molecule has 1 fully saturated rings. The Balaban J connectivity index is 1.46. The Morgan fingerprint density at radius 3 is 2.93 bits per heavy atom. The number of hydrogen-bond donors (Lipinski definition) is 0. The van der Waals surface area contributed by atoms with Gasteiger partial charge < -0.3 is 9.64 Å². The van der Waals surface area contributed by atoms with Gasteiger partial charge in [-0.05, 0) is 30.4 Å². The van der Waals surface area contributed by atoms with Crippen molar-refractivity contribution in [3.05, 3.63) is 53.0 Å². The molecule has 5 rings (SSSR count). The summed E-state index contributed by atoms with van der Waals surface area (Å²) in [5.41, 5.74) is 4.29. The zero-order chi connectivity index (χ0) is 18.2. The van der Waals surface area contributed by atoms with Crippen LogP contribution in [0.2, 0.25) is 0 Å². The third kappa shape index (κ3) is 2.86. The van der Waals surface area contributed by atoms with Crippen molar-refractivity contribution in [3.8, 4) is 0 Å². The fourth-order valence-electron chi connectivity index (χ4n) is 4.07. The predicted octanol–water partition coefficient (Wildman–Crippen LogP) is 2.83. The largest absolute Gasteiger partial charge is 0.353 e. The molecular formula is C19H20N6O2. The molecule has 2 atom stereocenters. The highest BCUT2D eigenvalue weighted by molar-refractivity contribution is 5.83. The van der Waals surface area contributed by atoms with Crippen molar-refractivity contribution in [1.82, 2.24) is 19.5 Å². The zero-order valence-corrected chi connectivity index (χ0v) is 14.9. The van der Waals surface area contributed by atoms with Gasteiger partial charge in [0.15, 0.2) is 17.0 Å². The van der Waals surface area contributed by atoms with Gasteiger partial charge in [0.1, 0.15) is 19.1 Å². The van der Waals surface area contributed by atoms with Crippen LogP contribution in [0.3, 0.4) is 0 Å². The molecule has 2 unspecified atom stereocenters. The maximum absolute atomic E-state index is 10.5. The second kappa shape index (κ2) is 6.70. The molecule has 8 heteroatoms. The molecule has 2 aromatic heterocycles. The lowest BCUT2D eigenvalue weighted by molar-refractivity contribution is 0.00876. The summed E-state index contributed by atoms with van der Waals surface area (Å²) in [5, 5.41) is 2.96. The van der Waals surface area contributed by atoms with Gasteiger partial charge >= 0.3 is 0 Å². The van der Waals surface area contributed by atoms with Gasteiger partial charge in [0.25, 0.3) is 0 Å². The third-order valence-electron chi connectivity index (χ3n) is 5.44. The number of nitroso groups, excluding NO2 is 1. The fraction of sp³-hybridized carbons (Fsp3) is 0.421. The molecule has 0 radical (unpaired) electrons. The smallest absolute Gasteiger partial charge is 0.167 e. The van der Waals surface area contributed by atoms with Crippen LogP contribution in [0.25, 0.3) is 11.2 Å². The second-order valence-corrected chi connectivity index (χ2v) is 7.06. The highest BCUT2D eigenvalue weighted by atomic mass is 16.5. The van der Waals surface area contributed by atoms with Gasteiger partial charge in [-0.3, -0.25) is 4.57 Å². The summed E-state index contributed by atoms with van der Waals surface area (Å²) in [6, 6.07) is 8.54. The van der Waals surface area contributed by atoms with Gasteiger partial charge in [0.05, 0.1) is 12.4 Å². The molecule has 0 amide bonds. The SMILES string of the molecule is O=NCC1CCC(n2cnc3c(N4CCc5ccccc5C4)ncnc32)O1. The lowest BCUT2D eigenvalue weighted by Gasteiger charge is -2.29. The number of aromatic nitrogens is 4. The van der Waals surface area contributed by atoms with E-state index in [-0.39, 0.29) is 18.9 Å². The Morgan fingerprint density at radius 2 is 2.04 bits per heavy atom. The zero-order valence-electron chi connectivity index (χ0n) is 14.9. The molecule has 2 aliphatic heterocycles. The number of nitrogens with zero attached hydrogens (tertiary/aromatic N) is 6. The molecule has 1 saturated heterocycles. The minimum Gasteiger partial charge on any atom is -0.353 e. The lowest BCUT2D eigenvalue weighted by Crippen LogP contribution is -2.31. The van der Waals surface area contributed by atoms with Crippen molar-refractivity contribution in [2.45, 2.75) is 38.1 Å². The van der Waals surface area contributed by atoms with Gasteiger partial charge in [0, 0.05) is 13.1 Å². The molecule has 1 aromatic carbocycles. The van der Waals surface area contributed by atoms with Crippen LogP contribution in [0.5, 0.6) is 0 Å². The summed E-state index contributed by atoms with van der Waals surface area (Å²) in [6.07, 6.45) is 5.71. The van der Waals surface area contributed by atoms with Crippen LogP contribution >= 0.6 is 0 Å². The number of ether oxygens (including phenoxy) is 1. The fourth-order valence-corrected chi connectivity index (χ4v) is 4.07. The molecule has 3 aromatic rings. The van der Waals surface area contributed by atoms with Crippen molar-refractivity contribution < 1.29 is 4.74 Å². The van der Waals surface area contributed by atoms with E-state index in [4.69, 9.17) is 4.74 Å². The maximum atomic E-state index is 10.5. The van der Waals surface area contributed by atoms with E-state index in [0.29, 0.717) is 0 Å².